The topological polar surface area (TPSA) is 64.3 Å². The smallest absolute Gasteiger partial charge is 0.289 e. The molecule has 0 bridgehead atoms. The molecule has 1 saturated carbocycles. The Morgan fingerprint density at radius 1 is 1.32 bits per heavy atom. The summed E-state index contributed by atoms with van der Waals surface area (Å²) in [7, 11) is 6.11. The first kappa shape index (κ1) is 17.8. The number of rotatable bonds is 5. The van der Waals surface area contributed by atoms with E-state index >= 15 is 0 Å². The van der Waals surface area contributed by atoms with Crippen LogP contribution in [0.15, 0.2) is 27.8 Å². The zero-order valence-corrected chi connectivity index (χ0v) is 15.4. The Morgan fingerprint density at radius 3 is 2.52 bits per heavy atom. The summed E-state index contributed by atoms with van der Waals surface area (Å²) in [5, 5.41) is 3.53. The van der Waals surface area contributed by atoms with Crippen LogP contribution in [0, 0.1) is 5.92 Å². The number of piperazine rings is 1. The van der Waals surface area contributed by atoms with Crippen LogP contribution in [-0.4, -0.2) is 86.5 Å². The summed E-state index contributed by atoms with van der Waals surface area (Å²) in [5.74, 6) is 2.11. The van der Waals surface area contributed by atoms with Crippen molar-refractivity contribution in [1.82, 2.24) is 20.0 Å². The molecule has 1 amide bonds. The van der Waals surface area contributed by atoms with Gasteiger partial charge < -0.3 is 24.4 Å². The van der Waals surface area contributed by atoms with Crippen molar-refractivity contribution in [2.75, 3.05) is 53.9 Å². The fraction of sp³-hybridized carbons (Fsp3) is 0.667. The lowest BCUT2D eigenvalue weighted by atomic mass is 10.1. The Hall–Kier alpha value is -2.02. The highest BCUT2D eigenvalue weighted by Crippen LogP contribution is 2.34. The van der Waals surface area contributed by atoms with Gasteiger partial charge in [0, 0.05) is 45.8 Å². The van der Waals surface area contributed by atoms with Gasteiger partial charge >= 0.3 is 0 Å². The van der Waals surface area contributed by atoms with Crippen LogP contribution in [0.3, 0.4) is 0 Å². The third-order valence-electron chi connectivity index (χ3n) is 5.11. The molecule has 1 unspecified atom stereocenters. The average Bonchev–Trinajstić information content (AvgIpc) is 3.30. The summed E-state index contributed by atoms with van der Waals surface area (Å²) >= 11 is 0. The zero-order chi connectivity index (χ0) is 17.8. The first-order valence-electron chi connectivity index (χ1n) is 9.05. The molecule has 3 rings (SSSR count). The van der Waals surface area contributed by atoms with Crippen molar-refractivity contribution in [3.63, 3.8) is 0 Å². The van der Waals surface area contributed by atoms with E-state index in [1.165, 1.54) is 19.1 Å². The van der Waals surface area contributed by atoms with Gasteiger partial charge in [0.25, 0.3) is 5.91 Å². The molecule has 2 fully saturated rings. The Kier molecular flexibility index (Phi) is 5.63. The Labute approximate surface area is 149 Å². The largest absolute Gasteiger partial charge is 0.459 e. The molecule has 1 aliphatic heterocycles. The van der Waals surface area contributed by atoms with Crippen LogP contribution in [0.5, 0.6) is 0 Å². The van der Waals surface area contributed by atoms with Crippen LogP contribution in [0.1, 0.15) is 23.4 Å². The van der Waals surface area contributed by atoms with Crippen LogP contribution in [-0.2, 0) is 0 Å². The van der Waals surface area contributed by atoms with Crippen molar-refractivity contribution >= 4 is 11.9 Å². The third-order valence-corrected chi connectivity index (χ3v) is 5.11. The zero-order valence-electron chi connectivity index (χ0n) is 15.4. The predicted octanol–water partition coefficient (Wildman–Crippen LogP) is 0.953. The summed E-state index contributed by atoms with van der Waals surface area (Å²) in [6.07, 6.45) is 4.20. The third kappa shape index (κ3) is 4.34. The van der Waals surface area contributed by atoms with Gasteiger partial charge in [-0.25, -0.2) is 0 Å². The van der Waals surface area contributed by atoms with E-state index in [0.717, 1.165) is 31.5 Å². The quantitative estimate of drug-likeness (QED) is 0.635. The molecule has 0 radical (unpaired) electrons. The summed E-state index contributed by atoms with van der Waals surface area (Å²) in [6.45, 7) is 3.83. The van der Waals surface area contributed by atoms with Crippen molar-refractivity contribution in [2.45, 2.75) is 18.9 Å². The fourth-order valence-electron chi connectivity index (χ4n) is 3.46. The van der Waals surface area contributed by atoms with Gasteiger partial charge in [-0.2, -0.15) is 0 Å². The SMILES string of the molecule is CN=C(NCC(C1CC1)N(C)C)N1CCN(C(=O)c2ccco2)CC1. The first-order chi connectivity index (χ1) is 12.1. The maximum Gasteiger partial charge on any atom is 0.289 e. The van der Waals surface area contributed by atoms with Gasteiger partial charge in [-0.1, -0.05) is 0 Å². The predicted molar refractivity (Wildman–Crippen MR) is 97.7 cm³/mol. The number of nitrogens with one attached hydrogen (secondary N) is 1. The van der Waals surface area contributed by atoms with E-state index in [2.05, 4.69) is 34.2 Å². The Bertz CT molecular complexity index is 585. The van der Waals surface area contributed by atoms with E-state index in [1.54, 1.807) is 12.1 Å². The van der Waals surface area contributed by atoms with Crippen molar-refractivity contribution in [2.24, 2.45) is 10.9 Å². The number of carbonyl (C=O) groups is 1. The van der Waals surface area contributed by atoms with Crippen LogP contribution >= 0.6 is 0 Å². The number of guanidine groups is 1. The van der Waals surface area contributed by atoms with E-state index in [9.17, 15) is 4.79 Å². The minimum atomic E-state index is -0.0333. The highest BCUT2D eigenvalue weighted by molar-refractivity contribution is 5.91. The van der Waals surface area contributed by atoms with Gasteiger partial charge in [-0.15, -0.1) is 0 Å². The highest BCUT2D eigenvalue weighted by atomic mass is 16.3. The molecular formula is C18H29N5O2. The maximum absolute atomic E-state index is 12.3. The molecule has 2 heterocycles. The lowest BCUT2D eigenvalue weighted by Crippen LogP contribution is -2.55. The van der Waals surface area contributed by atoms with Gasteiger partial charge in [0.05, 0.1) is 6.26 Å². The van der Waals surface area contributed by atoms with Crippen molar-refractivity contribution < 1.29 is 9.21 Å². The number of hydrogen-bond acceptors (Lipinski definition) is 4. The first-order valence-corrected chi connectivity index (χ1v) is 9.05. The minimum absolute atomic E-state index is 0.0333. The molecule has 138 valence electrons. The molecule has 0 aromatic carbocycles. The van der Waals surface area contributed by atoms with Gasteiger partial charge in [0.1, 0.15) is 0 Å². The lowest BCUT2D eigenvalue weighted by molar-refractivity contribution is 0.0657. The van der Waals surface area contributed by atoms with E-state index in [-0.39, 0.29) is 5.91 Å². The second-order valence-electron chi connectivity index (χ2n) is 7.05. The Balaban J connectivity index is 1.49. The molecule has 1 atom stereocenters. The molecule has 1 aromatic rings. The molecule has 25 heavy (non-hydrogen) atoms. The number of nitrogens with zero attached hydrogens (tertiary/aromatic N) is 4. The monoisotopic (exact) mass is 347 g/mol. The van der Waals surface area contributed by atoms with E-state index in [4.69, 9.17) is 4.42 Å². The van der Waals surface area contributed by atoms with E-state index in [1.807, 2.05) is 11.9 Å². The van der Waals surface area contributed by atoms with Crippen molar-refractivity contribution in [3.8, 4) is 0 Å². The molecule has 7 heteroatoms. The second-order valence-corrected chi connectivity index (χ2v) is 7.05. The van der Waals surface area contributed by atoms with Gasteiger partial charge in [0.15, 0.2) is 11.7 Å². The maximum atomic E-state index is 12.3. The molecule has 0 spiro atoms. The molecule has 1 N–H and O–H groups in total. The highest BCUT2D eigenvalue weighted by Gasteiger charge is 2.33. The molecule has 7 nitrogen and oxygen atoms in total. The molecule has 2 aliphatic rings. The summed E-state index contributed by atoms with van der Waals surface area (Å²) in [4.78, 5) is 23.1. The van der Waals surface area contributed by atoms with Crippen LogP contribution in [0.25, 0.3) is 0 Å². The van der Waals surface area contributed by atoms with Crippen molar-refractivity contribution in [3.05, 3.63) is 24.2 Å². The number of aliphatic imine (C=N–C) groups is 1. The summed E-state index contributed by atoms with van der Waals surface area (Å²) in [6, 6.07) is 4.02. The number of carbonyl (C=O) groups excluding carboxylic acids is 1. The number of furan rings is 1. The van der Waals surface area contributed by atoms with Crippen LogP contribution in [0.4, 0.5) is 0 Å². The molecule has 1 aromatic heterocycles. The van der Waals surface area contributed by atoms with Crippen molar-refractivity contribution in [1.29, 1.82) is 0 Å². The van der Waals surface area contributed by atoms with E-state index in [0.29, 0.717) is 24.9 Å². The van der Waals surface area contributed by atoms with Crippen LogP contribution in [0.2, 0.25) is 0 Å². The number of hydrogen-bond donors (Lipinski definition) is 1. The number of likely N-dealkylation sites (N-methyl/N-ethyl adjacent to an activating group) is 1. The van der Waals surface area contributed by atoms with Gasteiger partial charge in [0.2, 0.25) is 0 Å². The molecule has 1 aliphatic carbocycles. The standard InChI is InChI=1S/C18H29N5O2/c1-19-18(20-13-15(21(2)3)14-6-7-14)23-10-8-22(9-11-23)17(24)16-5-4-12-25-16/h4-5,12,14-15H,6-11,13H2,1-3H3,(H,19,20). The normalized spacial score (nSPS) is 20.1. The summed E-state index contributed by atoms with van der Waals surface area (Å²) < 4.78 is 5.21. The number of amides is 1. The summed E-state index contributed by atoms with van der Waals surface area (Å²) in [5.41, 5.74) is 0. The van der Waals surface area contributed by atoms with Gasteiger partial charge in [-0.05, 0) is 45.0 Å². The molecular weight excluding hydrogens is 318 g/mol. The Morgan fingerprint density at radius 2 is 2.00 bits per heavy atom. The average molecular weight is 347 g/mol. The minimum Gasteiger partial charge on any atom is -0.459 e. The fourth-order valence-corrected chi connectivity index (χ4v) is 3.46. The second kappa shape index (κ2) is 7.91. The van der Waals surface area contributed by atoms with Crippen LogP contribution < -0.4 is 5.32 Å². The lowest BCUT2D eigenvalue weighted by Gasteiger charge is -2.37. The van der Waals surface area contributed by atoms with Gasteiger partial charge in [-0.3, -0.25) is 9.79 Å². The molecule has 1 saturated heterocycles. The van der Waals surface area contributed by atoms with E-state index < -0.39 is 0 Å².